The van der Waals surface area contributed by atoms with Gasteiger partial charge in [-0.3, -0.25) is 4.79 Å². The second kappa shape index (κ2) is 8.65. The molecule has 1 rings (SSSR count). The predicted octanol–water partition coefficient (Wildman–Crippen LogP) is 4.66. The molecule has 1 aliphatic heterocycles. The van der Waals surface area contributed by atoms with E-state index in [-0.39, 0.29) is 0 Å². The molecule has 0 saturated carbocycles. The quantitative estimate of drug-likeness (QED) is 0.608. The number of carbonyl (C=O) groups excluding carboxylic acids is 1. The van der Waals surface area contributed by atoms with E-state index in [0.29, 0.717) is 25.9 Å². The molecule has 0 unspecified atom stereocenters. The van der Waals surface area contributed by atoms with Crippen LogP contribution in [-0.4, -0.2) is 24.7 Å². The smallest absolute Gasteiger partial charge is 0.377 e. The lowest BCUT2D eigenvalue weighted by Crippen LogP contribution is -2.41. The zero-order valence-electron chi connectivity index (χ0n) is 12.2. The van der Waals surface area contributed by atoms with Crippen LogP contribution in [0.2, 0.25) is 0 Å². The lowest BCUT2D eigenvalue weighted by Gasteiger charge is -2.31. The molecule has 2 atom stereocenters. The van der Waals surface area contributed by atoms with Crippen LogP contribution in [0.25, 0.3) is 0 Å². The molecule has 118 valence electrons. The van der Waals surface area contributed by atoms with Gasteiger partial charge in [0.05, 0.1) is 12.0 Å². The molecule has 0 spiro atoms. The second-order valence-corrected chi connectivity index (χ2v) is 5.58. The third-order valence-electron chi connectivity index (χ3n) is 3.90. The number of unbranched alkanes of at least 4 members (excludes halogenated alkanes) is 5. The standard InChI is InChI=1S/C15H25F3O2/c1-2-3-4-5-6-7-10-13-12(9-8-11-20-13)14(19)15(16,17)18/h12-13H,2-11H2,1H3/t12-,13-/m1/s1. The Balaban J connectivity index is 2.35. The molecule has 0 bridgehead atoms. The summed E-state index contributed by atoms with van der Waals surface area (Å²) in [6, 6.07) is 0. The zero-order valence-corrected chi connectivity index (χ0v) is 12.2. The maximum absolute atomic E-state index is 12.5. The van der Waals surface area contributed by atoms with Crippen LogP contribution in [-0.2, 0) is 9.53 Å². The van der Waals surface area contributed by atoms with E-state index in [4.69, 9.17) is 4.74 Å². The highest BCUT2D eigenvalue weighted by Gasteiger charge is 2.46. The Morgan fingerprint density at radius 2 is 1.80 bits per heavy atom. The van der Waals surface area contributed by atoms with Crippen LogP contribution < -0.4 is 0 Å². The van der Waals surface area contributed by atoms with Gasteiger partial charge in [-0.2, -0.15) is 13.2 Å². The van der Waals surface area contributed by atoms with E-state index in [9.17, 15) is 18.0 Å². The third kappa shape index (κ3) is 5.81. The molecule has 1 fully saturated rings. The number of hydrogen-bond acceptors (Lipinski definition) is 2. The number of halogens is 3. The highest BCUT2D eigenvalue weighted by Crippen LogP contribution is 2.32. The average Bonchev–Trinajstić information content (AvgIpc) is 2.41. The topological polar surface area (TPSA) is 26.3 Å². The largest absolute Gasteiger partial charge is 0.450 e. The van der Waals surface area contributed by atoms with Crippen LogP contribution in [0, 0.1) is 5.92 Å². The summed E-state index contributed by atoms with van der Waals surface area (Å²) < 4.78 is 43.0. The fourth-order valence-electron chi connectivity index (χ4n) is 2.76. The minimum absolute atomic E-state index is 0.304. The first-order chi connectivity index (χ1) is 9.46. The van der Waals surface area contributed by atoms with Gasteiger partial charge in [-0.05, 0) is 19.3 Å². The van der Waals surface area contributed by atoms with Crippen molar-refractivity contribution in [1.82, 2.24) is 0 Å². The van der Waals surface area contributed by atoms with Crippen LogP contribution in [0.4, 0.5) is 13.2 Å². The van der Waals surface area contributed by atoms with Gasteiger partial charge in [0, 0.05) is 6.61 Å². The summed E-state index contributed by atoms with van der Waals surface area (Å²) in [5.74, 6) is -2.59. The summed E-state index contributed by atoms with van der Waals surface area (Å²) in [6.45, 7) is 2.62. The van der Waals surface area contributed by atoms with Crippen molar-refractivity contribution in [1.29, 1.82) is 0 Å². The van der Waals surface area contributed by atoms with Gasteiger partial charge in [-0.25, -0.2) is 0 Å². The first kappa shape index (κ1) is 17.5. The molecule has 0 aliphatic carbocycles. The Labute approximate surface area is 119 Å². The van der Waals surface area contributed by atoms with Gasteiger partial charge < -0.3 is 4.74 Å². The van der Waals surface area contributed by atoms with Crippen molar-refractivity contribution in [2.45, 2.75) is 77.0 Å². The van der Waals surface area contributed by atoms with E-state index in [1.54, 1.807) is 0 Å². The van der Waals surface area contributed by atoms with Crippen molar-refractivity contribution in [3.05, 3.63) is 0 Å². The summed E-state index contributed by atoms with van der Waals surface area (Å²) in [5, 5.41) is 0. The van der Waals surface area contributed by atoms with Crippen LogP contribution in [0.15, 0.2) is 0 Å². The first-order valence-electron chi connectivity index (χ1n) is 7.69. The molecule has 5 heteroatoms. The van der Waals surface area contributed by atoms with Crippen molar-refractivity contribution < 1.29 is 22.7 Å². The highest BCUT2D eigenvalue weighted by atomic mass is 19.4. The summed E-state index contributed by atoms with van der Waals surface area (Å²) in [6.07, 6.45) is 2.66. The van der Waals surface area contributed by atoms with Crippen LogP contribution in [0.5, 0.6) is 0 Å². The van der Waals surface area contributed by atoms with Gasteiger partial charge in [0.2, 0.25) is 5.78 Å². The Morgan fingerprint density at radius 3 is 2.45 bits per heavy atom. The van der Waals surface area contributed by atoms with Crippen molar-refractivity contribution in [3.63, 3.8) is 0 Å². The summed E-state index contributed by atoms with van der Waals surface area (Å²) in [7, 11) is 0. The van der Waals surface area contributed by atoms with Crippen molar-refractivity contribution >= 4 is 5.78 Å². The van der Waals surface area contributed by atoms with E-state index in [1.165, 1.54) is 19.3 Å². The molecule has 0 aromatic carbocycles. The number of rotatable bonds is 8. The first-order valence-corrected chi connectivity index (χ1v) is 7.69. The molecular formula is C15H25F3O2. The molecule has 1 heterocycles. The molecule has 0 aromatic heterocycles. The number of ketones is 1. The lowest BCUT2D eigenvalue weighted by atomic mass is 9.87. The van der Waals surface area contributed by atoms with E-state index < -0.39 is 24.0 Å². The third-order valence-corrected chi connectivity index (χ3v) is 3.90. The second-order valence-electron chi connectivity index (χ2n) is 5.58. The lowest BCUT2D eigenvalue weighted by molar-refractivity contribution is -0.183. The number of hydrogen-bond donors (Lipinski definition) is 0. The summed E-state index contributed by atoms with van der Waals surface area (Å²) >= 11 is 0. The Bertz CT molecular complexity index is 289. The van der Waals surface area contributed by atoms with Gasteiger partial charge in [0.1, 0.15) is 0 Å². The highest BCUT2D eigenvalue weighted by molar-refractivity contribution is 5.86. The van der Waals surface area contributed by atoms with Crippen LogP contribution in [0.3, 0.4) is 0 Å². The fraction of sp³-hybridized carbons (Fsp3) is 0.933. The Kier molecular flexibility index (Phi) is 7.56. The zero-order chi connectivity index (χ0) is 15.0. The maximum Gasteiger partial charge on any atom is 0.450 e. The van der Waals surface area contributed by atoms with E-state index in [1.807, 2.05) is 0 Å². The predicted molar refractivity (Wildman–Crippen MR) is 71.5 cm³/mol. The van der Waals surface area contributed by atoms with Crippen molar-refractivity contribution in [2.24, 2.45) is 5.92 Å². The molecule has 2 nitrogen and oxygen atoms in total. The summed E-state index contributed by atoms with van der Waals surface area (Å²) in [5.41, 5.74) is 0. The Morgan fingerprint density at radius 1 is 1.15 bits per heavy atom. The normalized spacial score (nSPS) is 23.8. The number of Topliss-reactive ketones (excluding diaryl/α,β-unsaturated/α-hetero) is 1. The van der Waals surface area contributed by atoms with Gasteiger partial charge in [-0.15, -0.1) is 0 Å². The maximum atomic E-state index is 12.5. The van der Waals surface area contributed by atoms with Crippen LogP contribution in [0.1, 0.15) is 64.7 Å². The van der Waals surface area contributed by atoms with Gasteiger partial charge in [0.15, 0.2) is 0 Å². The molecule has 0 aromatic rings. The van der Waals surface area contributed by atoms with Gasteiger partial charge in [-0.1, -0.05) is 45.4 Å². The van der Waals surface area contributed by atoms with E-state index in [2.05, 4.69) is 6.92 Å². The van der Waals surface area contributed by atoms with Gasteiger partial charge in [0.25, 0.3) is 0 Å². The fourth-order valence-corrected chi connectivity index (χ4v) is 2.76. The van der Waals surface area contributed by atoms with Crippen molar-refractivity contribution in [2.75, 3.05) is 6.61 Å². The van der Waals surface area contributed by atoms with Gasteiger partial charge >= 0.3 is 6.18 Å². The molecule has 1 aliphatic rings. The minimum atomic E-state index is -4.73. The van der Waals surface area contributed by atoms with E-state index >= 15 is 0 Å². The van der Waals surface area contributed by atoms with Crippen LogP contribution >= 0.6 is 0 Å². The SMILES string of the molecule is CCCCCCCC[C@H]1OCCC[C@H]1C(=O)C(F)(F)F. The Hall–Kier alpha value is -0.580. The number of ether oxygens (including phenoxy) is 1. The number of carbonyl (C=O) groups is 1. The molecule has 1 saturated heterocycles. The molecule has 0 radical (unpaired) electrons. The molecule has 0 amide bonds. The molecule has 0 N–H and O–H groups in total. The molecular weight excluding hydrogens is 269 g/mol. The molecule has 20 heavy (non-hydrogen) atoms. The summed E-state index contributed by atoms with van der Waals surface area (Å²) in [4.78, 5) is 11.4. The van der Waals surface area contributed by atoms with E-state index in [0.717, 1.165) is 19.3 Å². The minimum Gasteiger partial charge on any atom is -0.377 e. The average molecular weight is 294 g/mol. The van der Waals surface area contributed by atoms with Crippen molar-refractivity contribution in [3.8, 4) is 0 Å². The monoisotopic (exact) mass is 294 g/mol. The number of alkyl halides is 3.